The molecule has 6 heteroatoms. The third kappa shape index (κ3) is 10.8. The highest BCUT2D eigenvalue weighted by atomic mass is 19.4. The van der Waals surface area contributed by atoms with Crippen LogP contribution in [-0.2, 0) is 4.79 Å². The van der Waals surface area contributed by atoms with E-state index >= 15 is 0 Å². The maximum Gasteiger partial charge on any atom is 0.405 e. The monoisotopic (exact) mass is 282 g/mol. The summed E-state index contributed by atoms with van der Waals surface area (Å²) in [5, 5.41) is 4.89. The fourth-order valence-electron chi connectivity index (χ4n) is 1.80. The Morgan fingerprint density at radius 1 is 1.16 bits per heavy atom. The second-order valence-corrected chi connectivity index (χ2v) is 4.97. The molecule has 19 heavy (non-hydrogen) atoms. The van der Waals surface area contributed by atoms with Crippen molar-refractivity contribution in [2.75, 3.05) is 6.54 Å². The molecule has 0 aromatic rings. The number of amides is 1. The number of halogens is 3. The van der Waals surface area contributed by atoms with E-state index in [2.05, 4.69) is 12.2 Å². The molecule has 2 N–H and O–H groups in total. The second kappa shape index (κ2) is 9.18. The Kier molecular flexibility index (Phi) is 8.80. The molecule has 0 bridgehead atoms. The van der Waals surface area contributed by atoms with Gasteiger partial charge >= 0.3 is 6.18 Å². The molecule has 0 radical (unpaired) electrons. The minimum atomic E-state index is -4.36. The number of unbranched alkanes of at least 4 members (excludes halogenated alkanes) is 3. The summed E-state index contributed by atoms with van der Waals surface area (Å²) >= 11 is 0. The molecule has 0 rings (SSSR count). The standard InChI is InChI=1S/C13H25F3N2O/c1-4-5-6-7-8-10(2)18-11(3)12(19)17-9-13(14,15)16/h10-11,18H,4-9H2,1-3H3,(H,17,19). The Labute approximate surface area is 113 Å². The van der Waals surface area contributed by atoms with Crippen LogP contribution >= 0.6 is 0 Å². The van der Waals surface area contributed by atoms with Crippen LogP contribution in [0.2, 0.25) is 0 Å². The minimum Gasteiger partial charge on any atom is -0.346 e. The lowest BCUT2D eigenvalue weighted by atomic mass is 10.1. The quantitative estimate of drug-likeness (QED) is 0.638. The molecule has 1 amide bonds. The molecule has 0 saturated heterocycles. The zero-order valence-electron chi connectivity index (χ0n) is 11.9. The summed E-state index contributed by atoms with van der Waals surface area (Å²) in [6, 6.07) is -0.480. The number of hydrogen-bond donors (Lipinski definition) is 2. The largest absolute Gasteiger partial charge is 0.405 e. The Bertz CT molecular complexity index is 257. The molecule has 0 fully saturated rings. The Morgan fingerprint density at radius 3 is 2.32 bits per heavy atom. The van der Waals surface area contributed by atoms with Gasteiger partial charge in [0.2, 0.25) is 5.91 Å². The minimum absolute atomic E-state index is 0.128. The summed E-state index contributed by atoms with van der Waals surface area (Å²) in [6.45, 7) is 4.38. The van der Waals surface area contributed by atoms with Crippen molar-refractivity contribution < 1.29 is 18.0 Å². The molecule has 0 aliphatic rings. The van der Waals surface area contributed by atoms with E-state index in [1.165, 1.54) is 6.42 Å². The molecule has 0 heterocycles. The molecule has 0 spiro atoms. The van der Waals surface area contributed by atoms with Gasteiger partial charge in [-0.15, -0.1) is 0 Å². The first-order valence-electron chi connectivity index (χ1n) is 6.86. The molecule has 2 atom stereocenters. The first kappa shape index (κ1) is 18.2. The van der Waals surface area contributed by atoms with Gasteiger partial charge < -0.3 is 10.6 Å². The van der Waals surface area contributed by atoms with E-state index in [1.54, 1.807) is 6.92 Å². The number of rotatable bonds is 9. The van der Waals surface area contributed by atoms with E-state index in [0.717, 1.165) is 25.7 Å². The van der Waals surface area contributed by atoms with Crippen molar-refractivity contribution >= 4 is 5.91 Å². The van der Waals surface area contributed by atoms with E-state index in [1.807, 2.05) is 12.2 Å². The van der Waals surface area contributed by atoms with E-state index in [-0.39, 0.29) is 6.04 Å². The SMILES string of the molecule is CCCCCCC(C)NC(C)C(=O)NCC(F)(F)F. The average molecular weight is 282 g/mol. The number of hydrogen-bond acceptors (Lipinski definition) is 2. The third-order valence-electron chi connectivity index (χ3n) is 2.88. The molecule has 0 aromatic carbocycles. The number of carbonyl (C=O) groups is 1. The van der Waals surface area contributed by atoms with Gasteiger partial charge in [0.05, 0.1) is 6.04 Å². The molecule has 0 aliphatic carbocycles. The zero-order valence-corrected chi connectivity index (χ0v) is 11.9. The second-order valence-electron chi connectivity index (χ2n) is 4.97. The Hall–Kier alpha value is -0.780. The van der Waals surface area contributed by atoms with Crippen LogP contribution in [0.15, 0.2) is 0 Å². The normalized spacial score (nSPS) is 15.1. The van der Waals surface area contributed by atoms with Crippen molar-refractivity contribution in [1.29, 1.82) is 0 Å². The van der Waals surface area contributed by atoms with E-state index < -0.39 is 24.7 Å². The summed E-state index contributed by atoms with van der Waals surface area (Å²) in [7, 11) is 0. The maximum atomic E-state index is 11.9. The van der Waals surface area contributed by atoms with Crippen molar-refractivity contribution in [1.82, 2.24) is 10.6 Å². The van der Waals surface area contributed by atoms with Crippen LogP contribution in [0.5, 0.6) is 0 Å². The molecule has 114 valence electrons. The highest BCUT2D eigenvalue weighted by Crippen LogP contribution is 2.12. The van der Waals surface area contributed by atoms with Crippen LogP contribution in [0.3, 0.4) is 0 Å². The van der Waals surface area contributed by atoms with Crippen molar-refractivity contribution in [3.63, 3.8) is 0 Å². The van der Waals surface area contributed by atoms with E-state index in [9.17, 15) is 18.0 Å². The number of carbonyl (C=O) groups excluding carboxylic acids is 1. The molecule has 0 aliphatic heterocycles. The fourth-order valence-corrected chi connectivity index (χ4v) is 1.80. The number of alkyl halides is 3. The Balaban J connectivity index is 3.81. The summed E-state index contributed by atoms with van der Waals surface area (Å²) in [4.78, 5) is 11.4. The smallest absolute Gasteiger partial charge is 0.346 e. The summed E-state index contributed by atoms with van der Waals surface area (Å²) in [5.74, 6) is -0.613. The Morgan fingerprint density at radius 2 is 1.79 bits per heavy atom. The van der Waals surface area contributed by atoms with Crippen molar-refractivity contribution in [2.24, 2.45) is 0 Å². The molecule has 3 nitrogen and oxygen atoms in total. The first-order valence-corrected chi connectivity index (χ1v) is 6.86. The number of nitrogens with one attached hydrogen (secondary N) is 2. The average Bonchev–Trinajstić information content (AvgIpc) is 2.30. The topological polar surface area (TPSA) is 41.1 Å². The molecule has 0 saturated carbocycles. The van der Waals surface area contributed by atoms with Gasteiger partial charge in [0.25, 0.3) is 0 Å². The molecular formula is C13H25F3N2O. The van der Waals surface area contributed by atoms with Crippen LogP contribution in [0.25, 0.3) is 0 Å². The van der Waals surface area contributed by atoms with Crippen LogP contribution in [0, 0.1) is 0 Å². The van der Waals surface area contributed by atoms with Crippen LogP contribution < -0.4 is 10.6 Å². The van der Waals surface area contributed by atoms with Gasteiger partial charge in [-0.3, -0.25) is 4.79 Å². The first-order chi connectivity index (χ1) is 8.76. The van der Waals surface area contributed by atoms with Gasteiger partial charge in [-0.25, -0.2) is 0 Å². The predicted molar refractivity (Wildman–Crippen MR) is 69.9 cm³/mol. The lowest BCUT2D eigenvalue weighted by Crippen LogP contribution is -2.47. The molecular weight excluding hydrogens is 257 g/mol. The highest BCUT2D eigenvalue weighted by molar-refractivity contribution is 5.81. The maximum absolute atomic E-state index is 11.9. The summed E-state index contributed by atoms with van der Waals surface area (Å²) in [5.41, 5.74) is 0. The van der Waals surface area contributed by atoms with Gasteiger partial charge in [-0.2, -0.15) is 13.2 Å². The predicted octanol–water partition coefficient (Wildman–Crippen LogP) is 3.00. The van der Waals surface area contributed by atoms with Gasteiger partial charge in [-0.05, 0) is 20.3 Å². The zero-order chi connectivity index (χ0) is 14.9. The highest BCUT2D eigenvalue weighted by Gasteiger charge is 2.28. The van der Waals surface area contributed by atoms with Crippen LogP contribution in [0.4, 0.5) is 13.2 Å². The van der Waals surface area contributed by atoms with Crippen molar-refractivity contribution in [3.05, 3.63) is 0 Å². The fraction of sp³-hybridized carbons (Fsp3) is 0.923. The lowest BCUT2D eigenvalue weighted by Gasteiger charge is -2.20. The van der Waals surface area contributed by atoms with E-state index in [0.29, 0.717) is 0 Å². The van der Waals surface area contributed by atoms with Crippen molar-refractivity contribution in [2.45, 2.75) is 71.1 Å². The van der Waals surface area contributed by atoms with Gasteiger partial charge in [0, 0.05) is 6.04 Å². The van der Waals surface area contributed by atoms with Gasteiger partial charge in [0.1, 0.15) is 6.54 Å². The van der Waals surface area contributed by atoms with E-state index in [4.69, 9.17) is 0 Å². The van der Waals surface area contributed by atoms with Crippen LogP contribution in [0.1, 0.15) is 52.9 Å². The molecule has 2 unspecified atom stereocenters. The molecule has 0 aromatic heterocycles. The van der Waals surface area contributed by atoms with Crippen LogP contribution in [-0.4, -0.2) is 30.7 Å². The van der Waals surface area contributed by atoms with Gasteiger partial charge in [-0.1, -0.05) is 32.6 Å². The van der Waals surface area contributed by atoms with Gasteiger partial charge in [0.15, 0.2) is 0 Å². The summed E-state index contributed by atoms with van der Waals surface area (Å²) in [6.07, 6.45) is 1.14. The summed E-state index contributed by atoms with van der Waals surface area (Å²) < 4.78 is 35.8. The lowest BCUT2D eigenvalue weighted by molar-refractivity contribution is -0.139. The third-order valence-corrected chi connectivity index (χ3v) is 2.88. The van der Waals surface area contributed by atoms with Crippen molar-refractivity contribution in [3.8, 4) is 0 Å².